The Labute approximate surface area is 170 Å². The van der Waals surface area contributed by atoms with Crippen molar-refractivity contribution >= 4 is 11.0 Å². The van der Waals surface area contributed by atoms with Crippen LogP contribution in [0.5, 0.6) is 17.2 Å². The largest absolute Gasteiger partial charge is 0.508 e. The van der Waals surface area contributed by atoms with Crippen molar-refractivity contribution in [2.45, 2.75) is 26.3 Å². The van der Waals surface area contributed by atoms with Crippen LogP contribution in [0.25, 0.3) is 11.0 Å². The summed E-state index contributed by atoms with van der Waals surface area (Å²) < 4.78 is 16.0. The summed E-state index contributed by atoms with van der Waals surface area (Å²) in [6, 6.07) is 11.0. The molecule has 0 fully saturated rings. The zero-order chi connectivity index (χ0) is 21.0. The van der Waals surface area contributed by atoms with Crippen molar-refractivity contribution in [3.8, 4) is 17.2 Å². The Balaban J connectivity index is 1.77. The van der Waals surface area contributed by atoms with Gasteiger partial charge in [0.05, 0.1) is 27.8 Å². The Morgan fingerprint density at radius 2 is 1.79 bits per heavy atom. The highest BCUT2D eigenvalue weighted by atomic mass is 16.5. The van der Waals surface area contributed by atoms with Crippen molar-refractivity contribution in [1.29, 1.82) is 0 Å². The van der Waals surface area contributed by atoms with E-state index in [1.807, 2.05) is 31.2 Å². The predicted molar refractivity (Wildman–Crippen MR) is 112 cm³/mol. The van der Waals surface area contributed by atoms with Crippen molar-refractivity contribution in [3.05, 3.63) is 63.5 Å². The number of aromatic hydroxyl groups is 1. The second kappa shape index (κ2) is 9.01. The summed E-state index contributed by atoms with van der Waals surface area (Å²) >= 11 is 0. The molecule has 2 aromatic carbocycles. The fourth-order valence-electron chi connectivity index (χ4n) is 3.54. The Hall–Kier alpha value is -2.99. The number of likely N-dealkylation sites (N-methyl/N-ethyl adjacent to an activating group) is 1. The van der Waals surface area contributed by atoms with Crippen LogP contribution < -0.4 is 20.0 Å². The maximum atomic E-state index is 12.0. The minimum Gasteiger partial charge on any atom is -0.508 e. The first-order valence-electron chi connectivity index (χ1n) is 9.76. The molecule has 0 saturated carbocycles. The van der Waals surface area contributed by atoms with E-state index in [1.165, 1.54) is 11.0 Å². The van der Waals surface area contributed by atoms with Gasteiger partial charge in [0.1, 0.15) is 17.9 Å². The molecule has 3 aromatic rings. The van der Waals surface area contributed by atoms with Gasteiger partial charge in [-0.15, -0.1) is 0 Å². The van der Waals surface area contributed by atoms with Crippen molar-refractivity contribution < 1.29 is 23.9 Å². The molecule has 2 N–H and O–H groups in total. The van der Waals surface area contributed by atoms with E-state index in [-0.39, 0.29) is 5.75 Å². The normalized spacial score (nSPS) is 12.1. The number of quaternary nitrogens is 1. The number of ether oxygens (including phenoxy) is 2. The van der Waals surface area contributed by atoms with Crippen LogP contribution in [0, 0.1) is 0 Å². The highest BCUT2D eigenvalue weighted by molar-refractivity contribution is 5.82. The summed E-state index contributed by atoms with van der Waals surface area (Å²) in [7, 11) is 5.36. The van der Waals surface area contributed by atoms with Gasteiger partial charge in [-0.05, 0) is 35.7 Å². The highest BCUT2D eigenvalue weighted by Crippen LogP contribution is 2.28. The van der Waals surface area contributed by atoms with Crippen molar-refractivity contribution in [2.24, 2.45) is 0 Å². The molecule has 29 heavy (non-hydrogen) atoms. The number of hydrogen-bond donors (Lipinski definition) is 2. The van der Waals surface area contributed by atoms with Gasteiger partial charge in [0, 0.05) is 29.5 Å². The van der Waals surface area contributed by atoms with Gasteiger partial charge in [-0.3, -0.25) is 0 Å². The van der Waals surface area contributed by atoms with Crippen molar-refractivity contribution in [3.63, 3.8) is 0 Å². The summed E-state index contributed by atoms with van der Waals surface area (Å²) in [5.74, 6) is 1.60. The lowest BCUT2D eigenvalue weighted by Crippen LogP contribution is -3.07. The molecule has 0 saturated heterocycles. The van der Waals surface area contributed by atoms with Gasteiger partial charge in [0.15, 0.2) is 11.5 Å². The van der Waals surface area contributed by atoms with Gasteiger partial charge in [-0.1, -0.05) is 13.0 Å². The molecule has 0 aliphatic rings. The molecule has 1 atom stereocenters. The van der Waals surface area contributed by atoms with Crippen LogP contribution in [-0.2, 0) is 19.4 Å². The maximum absolute atomic E-state index is 12.0. The molecule has 3 rings (SSSR count). The quantitative estimate of drug-likeness (QED) is 0.570. The molecule has 0 aliphatic heterocycles. The SMILES string of the molecule is CCc1cc2c(C[NH+](C)CCc3ccc(OC)c(OC)c3)cc(=O)oc2cc1O. The molecule has 0 aliphatic carbocycles. The molecular formula is C23H28NO5+. The molecule has 0 radical (unpaired) electrons. The molecule has 0 bridgehead atoms. The number of fused-ring (bicyclic) bond motifs is 1. The third-order valence-electron chi connectivity index (χ3n) is 5.19. The van der Waals surface area contributed by atoms with E-state index in [9.17, 15) is 9.90 Å². The number of rotatable bonds is 8. The highest BCUT2D eigenvalue weighted by Gasteiger charge is 2.14. The molecule has 6 heteroatoms. The second-order valence-corrected chi connectivity index (χ2v) is 7.24. The number of nitrogens with one attached hydrogen (secondary N) is 1. The molecule has 0 spiro atoms. The van der Waals surface area contributed by atoms with E-state index in [4.69, 9.17) is 13.9 Å². The first kappa shape index (κ1) is 20.7. The van der Waals surface area contributed by atoms with Crippen LogP contribution in [0.15, 0.2) is 45.6 Å². The monoisotopic (exact) mass is 398 g/mol. The van der Waals surface area contributed by atoms with E-state index < -0.39 is 5.63 Å². The summed E-state index contributed by atoms with van der Waals surface area (Å²) in [5.41, 5.74) is 2.96. The number of methoxy groups -OCH3 is 2. The summed E-state index contributed by atoms with van der Waals surface area (Å²) in [5, 5.41) is 11.0. The van der Waals surface area contributed by atoms with E-state index in [0.29, 0.717) is 18.5 Å². The number of phenolic OH excluding ortho intramolecular Hbond substituents is 1. The first-order chi connectivity index (χ1) is 13.9. The first-order valence-corrected chi connectivity index (χ1v) is 9.76. The fraction of sp³-hybridized carbons (Fsp3) is 0.348. The van der Waals surface area contributed by atoms with Gasteiger partial charge >= 0.3 is 5.63 Å². The lowest BCUT2D eigenvalue weighted by Gasteiger charge is -2.16. The molecule has 0 amide bonds. The fourth-order valence-corrected chi connectivity index (χ4v) is 3.54. The van der Waals surface area contributed by atoms with Gasteiger partial charge < -0.3 is 23.9 Å². The van der Waals surface area contributed by atoms with Gasteiger partial charge in [0.25, 0.3) is 0 Å². The average molecular weight is 398 g/mol. The maximum Gasteiger partial charge on any atom is 0.336 e. The Bertz CT molecular complexity index is 1060. The van der Waals surface area contributed by atoms with Gasteiger partial charge in [0.2, 0.25) is 0 Å². The molecular weight excluding hydrogens is 370 g/mol. The van der Waals surface area contributed by atoms with Gasteiger partial charge in [-0.25, -0.2) is 4.79 Å². The van der Waals surface area contributed by atoms with Crippen molar-refractivity contribution in [2.75, 3.05) is 27.8 Å². The van der Waals surface area contributed by atoms with Crippen LogP contribution in [-0.4, -0.2) is 32.9 Å². The smallest absolute Gasteiger partial charge is 0.336 e. The Morgan fingerprint density at radius 1 is 1.03 bits per heavy atom. The van der Waals surface area contributed by atoms with E-state index >= 15 is 0 Å². The number of phenols is 1. The van der Waals surface area contributed by atoms with E-state index in [1.54, 1.807) is 20.3 Å². The molecule has 1 heterocycles. The number of hydrogen-bond acceptors (Lipinski definition) is 5. The van der Waals surface area contributed by atoms with E-state index in [2.05, 4.69) is 7.05 Å². The summed E-state index contributed by atoms with van der Waals surface area (Å²) in [4.78, 5) is 13.2. The topological polar surface area (TPSA) is 73.3 Å². The van der Waals surface area contributed by atoms with Crippen LogP contribution in [0.4, 0.5) is 0 Å². The Morgan fingerprint density at radius 3 is 2.48 bits per heavy atom. The minimum atomic E-state index is -0.399. The van der Waals surface area contributed by atoms with Crippen LogP contribution in [0.3, 0.4) is 0 Å². The number of aryl methyl sites for hydroxylation is 1. The second-order valence-electron chi connectivity index (χ2n) is 7.24. The average Bonchev–Trinajstić information content (AvgIpc) is 2.71. The van der Waals surface area contributed by atoms with Gasteiger partial charge in [-0.2, -0.15) is 0 Å². The molecule has 6 nitrogen and oxygen atoms in total. The summed E-state index contributed by atoms with van der Waals surface area (Å²) in [6.07, 6.45) is 1.58. The van der Waals surface area contributed by atoms with Crippen molar-refractivity contribution in [1.82, 2.24) is 0 Å². The number of benzene rings is 2. The van der Waals surface area contributed by atoms with Crippen LogP contribution >= 0.6 is 0 Å². The Kier molecular flexibility index (Phi) is 6.44. The predicted octanol–water partition coefficient (Wildman–Crippen LogP) is 2.34. The molecule has 1 aromatic heterocycles. The standard InChI is InChI=1S/C23H27NO5/c1-5-16-11-18-17(12-23(26)29-21(18)13-19(16)25)14-24(2)9-8-15-6-7-20(27-3)22(10-15)28-4/h6-7,10-13,25H,5,8-9,14H2,1-4H3/p+1. The van der Waals surface area contributed by atoms with E-state index in [0.717, 1.165) is 46.5 Å². The van der Waals surface area contributed by atoms with Crippen LogP contribution in [0.2, 0.25) is 0 Å². The lowest BCUT2D eigenvalue weighted by molar-refractivity contribution is -0.893. The third-order valence-corrected chi connectivity index (χ3v) is 5.19. The lowest BCUT2D eigenvalue weighted by atomic mass is 10.0. The molecule has 154 valence electrons. The molecule has 1 unspecified atom stereocenters. The third kappa shape index (κ3) is 4.71. The minimum absolute atomic E-state index is 0.162. The van der Waals surface area contributed by atoms with Crippen LogP contribution in [0.1, 0.15) is 23.6 Å². The zero-order valence-corrected chi connectivity index (χ0v) is 17.4. The summed E-state index contributed by atoms with van der Waals surface area (Å²) in [6.45, 7) is 3.55. The zero-order valence-electron chi connectivity index (χ0n) is 17.4.